The summed E-state index contributed by atoms with van der Waals surface area (Å²) in [5.41, 5.74) is -0.179. The standard InChI is InChI=1S/C45H68ClN5O10/c1-14-26(5)37-40(55)49-45(10,11)44(59)61-38(27(6)15-2)29(8)34(52)21-16-28(7)43(58)60-35(22-25(3)4)39(54)47-30(9)41(56)51(13)33(23-31-17-19-32(46)20-18-31)42(57)50(12)24-36(53)48-37/h15-20,25-26,29-30,33-35,37-38,52H,14,21-24H2,1-13H3,(H,47,54)(H,48,53)(H,49,55)/b27-15+,28-16+/t26?,29-,30-,33+,34-,35+,37-,38+/m0/s1. The highest BCUT2D eigenvalue weighted by Crippen LogP contribution is 2.25. The van der Waals surface area contributed by atoms with E-state index >= 15 is 0 Å². The summed E-state index contributed by atoms with van der Waals surface area (Å²) < 4.78 is 11.6. The summed E-state index contributed by atoms with van der Waals surface area (Å²) in [6.07, 6.45) is 0.511. The fraction of sp³-hybridized carbons (Fsp3) is 0.622. The van der Waals surface area contributed by atoms with Crippen LogP contribution in [-0.4, -0.2) is 119 Å². The number of halogens is 1. The van der Waals surface area contributed by atoms with Gasteiger partial charge in [0.25, 0.3) is 5.91 Å². The average Bonchev–Trinajstić information content (AvgIpc) is 3.20. The molecule has 1 aromatic rings. The molecule has 0 saturated heterocycles. The molecule has 1 aromatic carbocycles. The quantitative estimate of drug-likeness (QED) is 0.227. The number of carbonyl (C=O) groups excluding carboxylic acids is 7. The van der Waals surface area contributed by atoms with E-state index in [4.69, 9.17) is 21.1 Å². The molecule has 0 saturated carbocycles. The molecule has 1 aliphatic heterocycles. The molecule has 0 spiro atoms. The predicted octanol–water partition coefficient (Wildman–Crippen LogP) is 4.28. The van der Waals surface area contributed by atoms with E-state index in [0.717, 1.165) is 4.90 Å². The van der Waals surface area contributed by atoms with Crippen LogP contribution >= 0.6 is 11.6 Å². The normalized spacial score (nSPS) is 27.9. The number of allylic oxidation sites excluding steroid dienone is 1. The lowest BCUT2D eigenvalue weighted by Crippen LogP contribution is -2.60. The van der Waals surface area contributed by atoms with Gasteiger partial charge in [-0.1, -0.05) is 76.9 Å². The van der Waals surface area contributed by atoms with Crippen molar-refractivity contribution in [2.45, 2.75) is 144 Å². The van der Waals surface area contributed by atoms with Gasteiger partial charge in [0.15, 0.2) is 6.10 Å². The molecular formula is C45H68ClN5O10. The monoisotopic (exact) mass is 873 g/mol. The Balaban J connectivity index is 2.67. The van der Waals surface area contributed by atoms with Crippen LogP contribution in [0.3, 0.4) is 0 Å². The number of likely N-dealkylation sites (N-methyl/N-ethyl adjacent to an activating group) is 2. The van der Waals surface area contributed by atoms with Crippen molar-refractivity contribution in [3.8, 4) is 0 Å². The molecular weight excluding hydrogens is 806 g/mol. The zero-order valence-corrected chi connectivity index (χ0v) is 38.8. The van der Waals surface area contributed by atoms with Gasteiger partial charge >= 0.3 is 11.9 Å². The van der Waals surface area contributed by atoms with Gasteiger partial charge in [0, 0.05) is 37.0 Å². The second-order valence-electron chi connectivity index (χ2n) is 17.2. The Kier molecular flexibility index (Phi) is 20.1. The lowest BCUT2D eigenvalue weighted by molar-refractivity contribution is -0.159. The number of cyclic esters (lactones) is 2. The average molecular weight is 875 g/mol. The first-order valence-electron chi connectivity index (χ1n) is 20.9. The molecule has 61 heavy (non-hydrogen) atoms. The number of benzene rings is 1. The molecule has 0 radical (unpaired) electrons. The summed E-state index contributed by atoms with van der Waals surface area (Å²) >= 11 is 6.12. The first-order valence-corrected chi connectivity index (χ1v) is 21.3. The maximum atomic E-state index is 14.2. The number of nitrogens with one attached hydrogen (secondary N) is 3. The number of esters is 2. The minimum absolute atomic E-state index is 0.0229. The molecule has 8 atom stereocenters. The molecule has 5 amide bonds. The number of nitrogens with zero attached hydrogens (tertiary/aromatic N) is 2. The summed E-state index contributed by atoms with van der Waals surface area (Å²) in [6.45, 7) is 17.9. The van der Waals surface area contributed by atoms with Crippen molar-refractivity contribution in [1.82, 2.24) is 25.8 Å². The van der Waals surface area contributed by atoms with Crippen LogP contribution in [0.4, 0.5) is 0 Å². The molecule has 1 unspecified atom stereocenters. The van der Waals surface area contributed by atoms with E-state index in [1.165, 1.54) is 52.8 Å². The van der Waals surface area contributed by atoms with E-state index < -0.39 is 102 Å². The van der Waals surface area contributed by atoms with E-state index in [1.54, 1.807) is 58.0 Å². The van der Waals surface area contributed by atoms with E-state index in [1.807, 2.05) is 20.8 Å². The Hall–Kier alpha value is -4.76. The molecule has 0 aliphatic carbocycles. The summed E-state index contributed by atoms with van der Waals surface area (Å²) in [5, 5.41) is 19.9. The molecule has 340 valence electrons. The first kappa shape index (κ1) is 52.4. The van der Waals surface area contributed by atoms with Crippen molar-refractivity contribution in [2.75, 3.05) is 20.6 Å². The maximum absolute atomic E-state index is 14.2. The summed E-state index contributed by atoms with van der Waals surface area (Å²) in [4.78, 5) is 98.8. The van der Waals surface area contributed by atoms with Gasteiger partial charge in [0.1, 0.15) is 29.8 Å². The van der Waals surface area contributed by atoms with E-state index in [-0.39, 0.29) is 30.8 Å². The largest absolute Gasteiger partial charge is 0.456 e. The van der Waals surface area contributed by atoms with Crippen LogP contribution in [0.5, 0.6) is 0 Å². The smallest absolute Gasteiger partial charge is 0.334 e. The molecule has 16 heteroatoms. The number of carbonyl (C=O) groups is 7. The Morgan fingerprint density at radius 3 is 2.13 bits per heavy atom. The number of ether oxygens (including phenoxy) is 2. The van der Waals surface area contributed by atoms with E-state index in [9.17, 15) is 38.7 Å². The SMILES string of the molecule is C/C=C(\C)[C@H]1OC(=O)C(C)(C)NC(=O)[C@H](C(C)CC)NC(=O)CN(C)C(=O)[C@@H](Cc2ccc(Cl)cc2)N(C)C(=O)[C@H](C)NC(=O)[C@@H](CC(C)C)OC(=O)/C(C)=C/C[C@H](O)[C@@H]1C. The Morgan fingerprint density at radius 1 is 0.967 bits per heavy atom. The highest BCUT2D eigenvalue weighted by atomic mass is 35.5. The molecule has 15 nitrogen and oxygen atoms in total. The van der Waals surface area contributed by atoms with Crippen LogP contribution in [0, 0.1) is 17.8 Å². The third-order valence-electron chi connectivity index (χ3n) is 11.1. The fourth-order valence-corrected chi connectivity index (χ4v) is 6.79. The van der Waals surface area contributed by atoms with Crippen LogP contribution in [0.25, 0.3) is 0 Å². The number of hydrogen-bond acceptors (Lipinski definition) is 10. The van der Waals surface area contributed by atoms with Gasteiger partial charge in [-0.2, -0.15) is 0 Å². The topological polar surface area (TPSA) is 201 Å². The van der Waals surface area contributed by atoms with Crippen molar-refractivity contribution in [3.05, 3.63) is 58.1 Å². The molecule has 0 bridgehead atoms. The molecule has 2 rings (SSSR count). The number of aliphatic hydroxyl groups is 1. The second-order valence-corrected chi connectivity index (χ2v) is 17.6. The third-order valence-corrected chi connectivity index (χ3v) is 11.4. The van der Waals surface area contributed by atoms with Gasteiger partial charge < -0.3 is 40.3 Å². The Labute approximate surface area is 366 Å². The van der Waals surface area contributed by atoms with Crippen LogP contribution in [-0.2, 0) is 49.5 Å². The molecule has 0 aromatic heterocycles. The molecule has 4 N–H and O–H groups in total. The van der Waals surface area contributed by atoms with Crippen LogP contribution < -0.4 is 16.0 Å². The second kappa shape index (κ2) is 23.5. The maximum Gasteiger partial charge on any atom is 0.334 e. The number of amides is 5. The highest BCUT2D eigenvalue weighted by Gasteiger charge is 2.40. The predicted molar refractivity (Wildman–Crippen MR) is 233 cm³/mol. The Bertz CT molecular complexity index is 1800. The van der Waals surface area contributed by atoms with Gasteiger partial charge in [-0.3, -0.25) is 24.0 Å². The lowest BCUT2D eigenvalue weighted by atomic mass is 9.90. The zero-order chi connectivity index (χ0) is 46.5. The fourth-order valence-electron chi connectivity index (χ4n) is 6.66. The minimum atomic E-state index is -1.59. The molecule has 1 aliphatic rings. The highest BCUT2D eigenvalue weighted by molar-refractivity contribution is 6.30. The summed E-state index contributed by atoms with van der Waals surface area (Å²) in [6, 6.07) is 3.26. The Morgan fingerprint density at radius 2 is 1.57 bits per heavy atom. The van der Waals surface area contributed by atoms with Crippen molar-refractivity contribution in [2.24, 2.45) is 17.8 Å². The van der Waals surface area contributed by atoms with Crippen LogP contribution in [0.2, 0.25) is 5.02 Å². The van der Waals surface area contributed by atoms with Crippen LogP contribution in [0.15, 0.2) is 47.6 Å². The van der Waals surface area contributed by atoms with E-state index in [0.29, 0.717) is 22.6 Å². The van der Waals surface area contributed by atoms with Crippen molar-refractivity contribution in [1.29, 1.82) is 0 Å². The molecule has 1 heterocycles. The van der Waals surface area contributed by atoms with Crippen LogP contribution in [0.1, 0.15) is 101 Å². The van der Waals surface area contributed by atoms with Gasteiger partial charge in [-0.25, -0.2) is 9.59 Å². The van der Waals surface area contributed by atoms with Crippen molar-refractivity contribution >= 4 is 53.1 Å². The number of rotatable bonds is 7. The van der Waals surface area contributed by atoms with E-state index in [2.05, 4.69) is 16.0 Å². The zero-order valence-electron chi connectivity index (χ0n) is 38.1. The summed E-state index contributed by atoms with van der Waals surface area (Å²) in [7, 11) is 2.81. The van der Waals surface area contributed by atoms with Gasteiger partial charge in [-0.05, 0) is 89.5 Å². The first-order chi connectivity index (χ1) is 28.3. The summed E-state index contributed by atoms with van der Waals surface area (Å²) in [5.74, 6) is -6.05. The number of hydrogen-bond donors (Lipinski definition) is 4. The van der Waals surface area contributed by atoms with Gasteiger partial charge in [0.2, 0.25) is 23.6 Å². The van der Waals surface area contributed by atoms with Gasteiger partial charge in [-0.15, -0.1) is 0 Å². The van der Waals surface area contributed by atoms with Crippen molar-refractivity contribution < 1.29 is 48.1 Å². The van der Waals surface area contributed by atoms with Gasteiger partial charge in [0.05, 0.1) is 12.6 Å². The molecule has 0 fully saturated rings. The third kappa shape index (κ3) is 15.3. The van der Waals surface area contributed by atoms with Crippen molar-refractivity contribution in [3.63, 3.8) is 0 Å². The minimum Gasteiger partial charge on any atom is -0.456 e. The lowest BCUT2D eigenvalue weighted by Gasteiger charge is -2.34. The number of aliphatic hydroxyl groups excluding tert-OH is 1.